The first-order valence-corrected chi connectivity index (χ1v) is 8.57. The van der Waals surface area contributed by atoms with Crippen LogP contribution in [0.2, 0.25) is 0 Å². The van der Waals surface area contributed by atoms with Gasteiger partial charge in [0.15, 0.2) is 0 Å². The molecule has 0 aliphatic carbocycles. The van der Waals surface area contributed by atoms with Gasteiger partial charge in [0, 0.05) is 6.08 Å². The highest BCUT2D eigenvalue weighted by Gasteiger charge is 2.00. The molecule has 0 aromatic heterocycles. The monoisotopic (exact) mass is 338 g/mol. The zero-order chi connectivity index (χ0) is 18.3. The number of carboxylic acids is 1. The van der Waals surface area contributed by atoms with E-state index in [1.165, 1.54) is 31.2 Å². The largest absolute Gasteiger partial charge is 0.478 e. The second kappa shape index (κ2) is 12.6. The Balaban J connectivity index is 0.000000550. The molecule has 2 rings (SSSR count). The molecule has 0 saturated heterocycles. The number of rotatable bonds is 8. The van der Waals surface area contributed by atoms with Crippen molar-refractivity contribution in [3.05, 3.63) is 72.8 Å². The van der Waals surface area contributed by atoms with Crippen LogP contribution in [-0.2, 0) is 11.2 Å². The van der Waals surface area contributed by atoms with E-state index in [1.807, 2.05) is 42.5 Å². The van der Waals surface area contributed by atoms with Crippen LogP contribution in [-0.4, -0.2) is 11.1 Å². The van der Waals surface area contributed by atoms with Crippen molar-refractivity contribution >= 4 is 17.3 Å². The van der Waals surface area contributed by atoms with Gasteiger partial charge in [-0.15, -0.1) is 0 Å². The first-order valence-electron chi connectivity index (χ1n) is 8.57. The summed E-state index contributed by atoms with van der Waals surface area (Å²) in [5.74, 6) is -0.981. The number of nitrogens with zero attached hydrogens (tertiary/aromatic N) is 2. The molecule has 2 aromatic rings. The summed E-state index contributed by atoms with van der Waals surface area (Å²) in [4.78, 5) is 9.25. The normalized spacial score (nSPS) is 10.1. The summed E-state index contributed by atoms with van der Waals surface area (Å²) in [6.45, 7) is 5.20. The molecule has 0 radical (unpaired) electrons. The second-order valence-corrected chi connectivity index (χ2v) is 5.52. The van der Waals surface area contributed by atoms with Crippen molar-refractivity contribution < 1.29 is 9.90 Å². The summed E-state index contributed by atoms with van der Waals surface area (Å²) < 4.78 is 0. The molecule has 0 atom stereocenters. The molecular weight excluding hydrogens is 312 g/mol. The molecule has 4 heteroatoms. The highest BCUT2D eigenvalue weighted by molar-refractivity contribution is 5.78. The van der Waals surface area contributed by atoms with Gasteiger partial charge in [-0.2, -0.15) is 10.2 Å². The molecule has 0 aliphatic heterocycles. The zero-order valence-electron chi connectivity index (χ0n) is 14.8. The summed E-state index contributed by atoms with van der Waals surface area (Å²) in [5.41, 5.74) is 3.18. The van der Waals surface area contributed by atoms with E-state index in [1.54, 1.807) is 0 Å². The summed E-state index contributed by atoms with van der Waals surface area (Å²) in [7, 11) is 0. The fourth-order valence-electron chi connectivity index (χ4n) is 2.17. The minimum absolute atomic E-state index is 0.833. The van der Waals surface area contributed by atoms with Crippen LogP contribution in [0.4, 0.5) is 11.4 Å². The average Bonchev–Trinajstić information content (AvgIpc) is 2.65. The summed E-state index contributed by atoms with van der Waals surface area (Å²) in [5, 5.41) is 16.3. The predicted molar refractivity (Wildman–Crippen MR) is 103 cm³/mol. The molecule has 0 aliphatic rings. The van der Waals surface area contributed by atoms with Crippen molar-refractivity contribution in [2.45, 2.75) is 39.0 Å². The van der Waals surface area contributed by atoms with Crippen molar-refractivity contribution in [1.29, 1.82) is 0 Å². The minimum Gasteiger partial charge on any atom is -0.478 e. The lowest BCUT2D eigenvalue weighted by molar-refractivity contribution is -0.131. The Labute approximate surface area is 149 Å². The molecule has 0 bridgehead atoms. The first kappa shape index (κ1) is 20.3. The Morgan fingerprint density at radius 3 is 2.28 bits per heavy atom. The highest BCUT2D eigenvalue weighted by Crippen LogP contribution is 2.23. The molecule has 0 heterocycles. The number of carbonyl (C=O) groups is 1. The minimum atomic E-state index is -0.981. The maximum absolute atomic E-state index is 9.25. The lowest BCUT2D eigenvalue weighted by Gasteiger charge is -2.04. The Morgan fingerprint density at radius 1 is 1.00 bits per heavy atom. The van der Waals surface area contributed by atoms with E-state index in [-0.39, 0.29) is 0 Å². The maximum atomic E-state index is 9.25. The van der Waals surface area contributed by atoms with Crippen molar-refractivity contribution in [2.75, 3.05) is 0 Å². The molecule has 1 N–H and O–H groups in total. The molecular formula is C21H26N2O2. The topological polar surface area (TPSA) is 62.0 Å². The van der Waals surface area contributed by atoms with Crippen molar-refractivity contribution in [1.82, 2.24) is 0 Å². The van der Waals surface area contributed by atoms with E-state index >= 15 is 0 Å². The lowest BCUT2D eigenvalue weighted by Crippen LogP contribution is -1.86. The van der Waals surface area contributed by atoms with Crippen LogP contribution >= 0.6 is 0 Å². The van der Waals surface area contributed by atoms with E-state index in [9.17, 15) is 4.79 Å². The SMILES string of the molecule is C=CC(=O)O.CCCCCCc1ccccc1N=Nc1ccccc1. The van der Waals surface area contributed by atoms with Gasteiger partial charge in [0.1, 0.15) is 0 Å². The predicted octanol–water partition coefficient (Wildman–Crippen LogP) is 6.48. The van der Waals surface area contributed by atoms with Crippen molar-refractivity contribution in [2.24, 2.45) is 10.2 Å². The molecule has 2 aromatic carbocycles. The van der Waals surface area contributed by atoms with Crippen molar-refractivity contribution in [3.63, 3.8) is 0 Å². The van der Waals surface area contributed by atoms with Gasteiger partial charge in [-0.3, -0.25) is 0 Å². The number of carboxylic acid groups (broad SMARTS) is 1. The van der Waals surface area contributed by atoms with E-state index in [0.29, 0.717) is 0 Å². The molecule has 4 nitrogen and oxygen atoms in total. The number of hydrogen-bond donors (Lipinski definition) is 1. The van der Waals surface area contributed by atoms with E-state index < -0.39 is 5.97 Å². The smallest absolute Gasteiger partial charge is 0.327 e. The Bertz CT molecular complexity index is 667. The zero-order valence-corrected chi connectivity index (χ0v) is 14.8. The van der Waals surface area contributed by atoms with Crippen LogP contribution in [0.25, 0.3) is 0 Å². The molecule has 0 saturated carbocycles. The van der Waals surface area contributed by atoms with Crippen LogP contribution in [0.5, 0.6) is 0 Å². The number of benzene rings is 2. The molecule has 0 fully saturated rings. The van der Waals surface area contributed by atoms with Gasteiger partial charge in [-0.1, -0.05) is 69.2 Å². The summed E-state index contributed by atoms with van der Waals surface area (Å²) in [6.07, 6.45) is 7.03. The third kappa shape index (κ3) is 9.20. The molecule has 0 spiro atoms. The number of aryl methyl sites for hydroxylation is 1. The van der Waals surface area contributed by atoms with Gasteiger partial charge in [-0.25, -0.2) is 4.79 Å². The number of unbranched alkanes of at least 4 members (excludes halogenated alkanes) is 3. The first-order chi connectivity index (χ1) is 12.2. The van der Waals surface area contributed by atoms with E-state index in [2.05, 4.69) is 35.9 Å². The Morgan fingerprint density at radius 2 is 1.64 bits per heavy atom. The molecule has 132 valence electrons. The quantitative estimate of drug-likeness (QED) is 0.340. The number of azo groups is 1. The van der Waals surface area contributed by atoms with Crippen LogP contribution in [0.15, 0.2) is 77.5 Å². The van der Waals surface area contributed by atoms with Gasteiger partial charge in [0.25, 0.3) is 0 Å². The van der Waals surface area contributed by atoms with Crippen LogP contribution in [0.1, 0.15) is 38.2 Å². The van der Waals surface area contributed by atoms with Crippen molar-refractivity contribution in [3.8, 4) is 0 Å². The van der Waals surface area contributed by atoms with Crippen LogP contribution < -0.4 is 0 Å². The lowest BCUT2D eigenvalue weighted by atomic mass is 10.0. The standard InChI is InChI=1S/C18H22N2.C3H4O2/c1-2-3-4-6-11-16-12-9-10-15-18(16)20-19-17-13-7-5-8-14-17;1-2-3(4)5/h5,7-10,12-15H,2-4,6,11H2,1H3;2H,1H2,(H,4,5). The second-order valence-electron chi connectivity index (χ2n) is 5.52. The summed E-state index contributed by atoms with van der Waals surface area (Å²) in [6, 6.07) is 18.2. The van der Waals surface area contributed by atoms with Gasteiger partial charge in [0.2, 0.25) is 0 Å². The van der Waals surface area contributed by atoms with Gasteiger partial charge < -0.3 is 5.11 Å². The Hall–Kier alpha value is -2.75. The molecule has 0 unspecified atom stereocenters. The number of aliphatic carboxylic acids is 1. The van der Waals surface area contributed by atoms with Gasteiger partial charge in [0.05, 0.1) is 11.4 Å². The van der Waals surface area contributed by atoms with Crippen LogP contribution in [0, 0.1) is 0 Å². The van der Waals surface area contributed by atoms with Gasteiger partial charge in [-0.05, 0) is 36.6 Å². The summed E-state index contributed by atoms with van der Waals surface area (Å²) >= 11 is 0. The van der Waals surface area contributed by atoms with E-state index in [0.717, 1.165) is 23.9 Å². The fourth-order valence-corrected chi connectivity index (χ4v) is 2.17. The average molecular weight is 338 g/mol. The highest BCUT2D eigenvalue weighted by atomic mass is 16.4. The maximum Gasteiger partial charge on any atom is 0.327 e. The van der Waals surface area contributed by atoms with E-state index in [4.69, 9.17) is 5.11 Å². The third-order valence-electron chi connectivity index (χ3n) is 3.50. The Kier molecular flexibility index (Phi) is 10.3. The fraction of sp³-hybridized carbons (Fsp3) is 0.286. The molecule has 25 heavy (non-hydrogen) atoms. The molecule has 0 amide bonds. The van der Waals surface area contributed by atoms with Gasteiger partial charge >= 0.3 is 5.97 Å². The van der Waals surface area contributed by atoms with Crippen LogP contribution in [0.3, 0.4) is 0 Å². The third-order valence-corrected chi connectivity index (χ3v) is 3.50. The number of hydrogen-bond acceptors (Lipinski definition) is 3.